The molecule has 14 heavy (non-hydrogen) atoms. The maximum atomic E-state index is 11.0. The van der Waals surface area contributed by atoms with E-state index >= 15 is 0 Å². The van der Waals surface area contributed by atoms with Crippen molar-refractivity contribution in [2.24, 2.45) is 0 Å². The maximum Gasteiger partial charge on any atom is 0.250 e. The second-order valence-electron chi connectivity index (χ2n) is 4.15. The van der Waals surface area contributed by atoms with Gasteiger partial charge in [0.1, 0.15) is 0 Å². The van der Waals surface area contributed by atoms with Crippen molar-refractivity contribution in [1.82, 2.24) is 4.98 Å². The summed E-state index contributed by atoms with van der Waals surface area (Å²) in [6.07, 6.45) is 1.79. The predicted octanol–water partition coefficient (Wildman–Crippen LogP) is 3.01. The Labute approximate surface area is 86.4 Å². The van der Waals surface area contributed by atoms with Gasteiger partial charge in [0.2, 0.25) is 0 Å². The number of H-pyrrole nitrogens is 1. The van der Waals surface area contributed by atoms with Crippen LogP contribution in [-0.4, -0.2) is 4.98 Å². The Hall–Kier alpha value is -1.05. The smallest absolute Gasteiger partial charge is 0.250 e. The molecule has 0 fully saturated rings. The first-order valence-corrected chi connectivity index (χ1v) is 5.11. The van der Waals surface area contributed by atoms with Gasteiger partial charge in [-0.2, -0.15) is 0 Å². The zero-order valence-electron chi connectivity index (χ0n) is 10.1. The summed E-state index contributed by atoms with van der Waals surface area (Å²) in [4.78, 5) is 13.8. The molecule has 1 rings (SSSR count). The highest BCUT2D eigenvalue weighted by atomic mass is 16.1. The second kappa shape index (κ2) is 4.99. The fourth-order valence-electron chi connectivity index (χ4n) is 1.03. The molecule has 0 aliphatic heterocycles. The Balaban J connectivity index is 0.000000791. The number of hydrogen-bond acceptors (Lipinski definition) is 1. The molecule has 1 aromatic heterocycles. The number of hydrogen-bond donors (Lipinski definition) is 1. The molecule has 0 aliphatic carbocycles. The average molecular weight is 195 g/mol. The van der Waals surface area contributed by atoms with Gasteiger partial charge < -0.3 is 4.98 Å². The fourth-order valence-corrected chi connectivity index (χ4v) is 1.03. The monoisotopic (exact) mass is 195 g/mol. The van der Waals surface area contributed by atoms with E-state index in [4.69, 9.17) is 0 Å². The first kappa shape index (κ1) is 12.9. The molecule has 2 heteroatoms. The van der Waals surface area contributed by atoms with Gasteiger partial charge in [-0.05, 0) is 24.0 Å². The van der Waals surface area contributed by atoms with Gasteiger partial charge in [-0.1, -0.05) is 34.6 Å². The summed E-state index contributed by atoms with van der Waals surface area (Å²) in [6, 6.07) is 1.94. The summed E-state index contributed by atoms with van der Waals surface area (Å²) >= 11 is 0. The Morgan fingerprint density at radius 1 is 1.21 bits per heavy atom. The van der Waals surface area contributed by atoms with Crippen LogP contribution in [0.5, 0.6) is 0 Å². The lowest BCUT2D eigenvalue weighted by molar-refractivity contribution is 0.586. The van der Waals surface area contributed by atoms with Crippen molar-refractivity contribution < 1.29 is 0 Å². The van der Waals surface area contributed by atoms with E-state index in [1.54, 1.807) is 6.20 Å². The van der Waals surface area contributed by atoms with Crippen LogP contribution in [-0.2, 0) is 5.41 Å². The van der Waals surface area contributed by atoms with Gasteiger partial charge in [-0.25, -0.2) is 0 Å². The highest BCUT2D eigenvalue weighted by Gasteiger charge is 2.13. The van der Waals surface area contributed by atoms with Crippen LogP contribution in [0.25, 0.3) is 0 Å². The Kier molecular flexibility index (Phi) is 4.61. The molecule has 0 radical (unpaired) electrons. The summed E-state index contributed by atoms with van der Waals surface area (Å²) < 4.78 is 0. The molecular weight excluding hydrogens is 174 g/mol. The summed E-state index contributed by atoms with van der Waals surface area (Å²) in [7, 11) is 0. The predicted molar refractivity (Wildman–Crippen MR) is 61.8 cm³/mol. The molecule has 80 valence electrons. The molecule has 0 saturated heterocycles. The van der Waals surface area contributed by atoms with Crippen LogP contribution in [0.2, 0.25) is 0 Å². The molecule has 1 aromatic rings. The zero-order chi connectivity index (χ0) is 11.4. The molecule has 2 nitrogen and oxygen atoms in total. The number of aromatic nitrogens is 1. The molecule has 0 saturated carbocycles. The van der Waals surface area contributed by atoms with Gasteiger partial charge in [-0.3, -0.25) is 4.79 Å². The Bertz CT molecular complexity index is 331. The van der Waals surface area contributed by atoms with Crippen LogP contribution in [0.3, 0.4) is 0 Å². The van der Waals surface area contributed by atoms with Crippen molar-refractivity contribution in [2.75, 3.05) is 0 Å². The van der Waals surface area contributed by atoms with Gasteiger partial charge in [-0.15, -0.1) is 0 Å². The molecule has 0 aliphatic rings. The van der Waals surface area contributed by atoms with E-state index in [-0.39, 0.29) is 11.0 Å². The second-order valence-corrected chi connectivity index (χ2v) is 4.15. The first-order chi connectivity index (χ1) is 6.41. The van der Waals surface area contributed by atoms with Crippen molar-refractivity contribution in [3.05, 3.63) is 33.7 Å². The molecule has 0 amide bonds. The quantitative estimate of drug-likeness (QED) is 0.678. The van der Waals surface area contributed by atoms with Crippen molar-refractivity contribution in [3.8, 4) is 0 Å². The molecule has 0 atom stereocenters. The Morgan fingerprint density at radius 2 is 1.71 bits per heavy atom. The van der Waals surface area contributed by atoms with Crippen LogP contribution in [0.15, 0.2) is 17.1 Å². The van der Waals surface area contributed by atoms with Crippen molar-refractivity contribution in [1.29, 1.82) is 0 Å². The summed E-state index contributed by atoms with van der Waals surface area (Å²) in [6.45, 7) is 12.2. The number of nitrogens with one attached hydrogen (secondary N) is 1. The highest BCUT2D eigenvalue weighted by molar-refractivity contribution is 5.23. The van der Waals surface area contributed by atoms with Gasteiger partial charge in [0.25, 0.3) is 5.56 Å². The summed E-state index contributed by atoms with van der Waals surface area (Å²) in [5, 5.41) is 0. The highest BCUT2D eigenvalue weighted by Crippen LogP contribution is 2.20. The SMILES string of the molecule is CC.Cc1cc(C(C)(C)C)c[nH]c1=O. The van der Waals surface area contributed by atoms with Gasteiger partial charge in [0, 0.05) is 11.8 Å². The van der Waals surface area contributed by atoms with Crippen LogP contribution >= 0.6 is 0 Å². The van der Waals surface area contributed by atoms with Crippen molar-refractivity contribution >= 4 is 0 Å². The van der Waals surface area contributed by atoms with E-state index in [2.05, 4.69) is 25.8 Å². The third kappa shape index (κ3) is 3.36. The number of pyridine rings is 1. The molecular formula is C12H21NO. The molecule has 0 spiro atoms. The standard InChI is InChI=1S/C10H15NO.C2H6/c1-7-5-8(10(2,3)4)6-11-9(7)12;1-2/h5-6H,1-4H3,(H,11,12);1-2H3. The minimum atomic E-state index is 0.00278. The number of aryl methyl sites for hydroxylation is 1. The van der Waals surface area contributed by atoms with E-state index in [0.29, 0.717) is 0 Å². The lowest BCUT2D eigenvalue weighted by atomic mass is 9.88. The van der Waals surface area contributed by atoms with Gasteiger partial charge >= 0.3 is 0 Å². The first-order valence-electron chi connectivity index (χ1n) is 5.11. The normalized spacial score (nSPS) is 10.4. The third-order valence-corrected chi connectivity index (χ3v) is 1.95. The molecule has 1 heterocycles. The lowest BCUT2D eigenvalue weighted by Gasteiger charge is -2.18. The van der Waals surface area contributed by atoms with Crippen molar-refractivity contribution in [2.45, 2.75) is 47.0 Å². The molecule has 0 aromatic carbocycles. The third-order valence-electron chi connectivity index (χ3n) is 1.95. The molecule has 0 unspecified atom stereocenters. The van der Waals surface area contributed by atoms with Crippen molar-refractivity contribution in [3.63, 3.8) is 0 Å². The van der Waals surface area contributed by atoms with Crippen LogP contribution in [0.4, 0.5) is 0 Å². The topological polar surface area (TPSA) is 32.9 Å². The van der Waals surface area contributed by atoms with Crippen LogP contribution in [0.1, 0.15) is 45.7 Å². The zero-order valence-corrected chi connectivity index (χ0v) is 10.1. The van der Waals surface area contributed by atoms with E-state index < -0.39 is 0 Å². The lowest BCUT2D eigenvalue weighted by Crippen LogP contribution is -2.16. The Morgan fingerprint density at radius 3 is 2.07 bits per heavy atom. The van der Waals surface area contributed by atoms with Gasteiger partial charge in [0.05, 0.1) is 0 Å². The maximum absolute atomic E-state index is 11.0. The minimum Gasteiger partial charge on any atom is -0.329 e. The minimum absolute atomic E-state index is 0.00278. The number of rotatable bonds is 0. The van der Waals surface area contributed by atoms with E-state index in [1.165, 1.54) is 5.56 Å². The van der Waals surface area contributed by atoms with Crippen LogP contribution < -0.4 is 5.56 Å². The van der Waals surface area contributed by atoms with Crippen LogP contribution in [0, 0.1) is 6.92 Å². The average Bonchev–Trinajstić information content (AvgIpc) is 2.11. The largest absolute Gasteiger partial charge is 0.329 e. The molecule has 0 bridgehead atoms. The van der Waals surface area contributed by atoms with E-state index in [1.807, 2.05) is 26.8 Å². The summed E-state index contributed by atoms with van der Waals surface area (Å²) in [5.74, 6) is 0. The van der Waals surface area contributed by atoms with Gasteiger partial charge in [0.15, 0.2) is 0 Å². The number of aromatic amines is 1. The summed E-state index contributed by atoms with van der Waals surface area (Å²) in [5.41, 5.74) is 2.06. The van der Waals surface area contributed by atoms with E-state index in [0.717, 1.165) is 5.56 Å². The molecule has 1 N–H and O–H groups in total. The van der Waals surface area contributed by atoms with E-state index in [9.17, 15) is 4.79 Å². The fraction of sp³-hybridized carbons (Fsp3) is 0.583.